The van der Waals surface area contributed by atoms with Crippen LogP contribution < -0.4 is 5.32 Å². The summed E-state index contributed by atoms with van der Waals surface area (Å²) >= 11 is 1.43. The van der Waals surface area contributed by atoms with E-state index in [4.69, 9.17) is 0 Å². The summed E-state index contributed by atoms with van der Waals surface area (Å²) in [5.41, 5.74) is 0.811. The summed E-state index contributed by atoms with van der Waals surface area (Å²) in [5, 5.41) is 21.0. The lowest BCUT2D eigenvalue weighted by Gasteiger charge is -2.20. The van der Waals surface area contributed by atoms with E-state index in [1.807, 2.05) is 13.8 Å². The minimum absolute atomic E-state index is 0.203. The number of aliphatic carboxylic acids is 1. The molecule has 0 saturated carbocycles. The van der Waals surface area contributed by atoms with Crippen LogP contribution in [0.4, 0.5) is 0 Å². The van der Waals surface area contributed by atoms with Crippen LogP contribution in [-0.2, 0) is 4.79 Å². The van der Waals surface area contributed by atoms with Gasteiger partial charge in [-0.25, -0.2) is 4.79 Å². The number of carboxylic acid groups (broad SMARTS) is 2. The van der Waals surface area contributed by atoms with E-state index in [2.05, 4.69) is 5.32 Å². The summed E-state index contributed by atoms with van der Waals surface area (Å²) in [6.45, 7) is 3.68. The second-order valence-corrected chi connectivity index (χ2v) is 6.69. The molecule has 0 aliphatic carbocycles. The van der Waals surface area contributed by atoms with E-state index in [0.29, 0.717) is 5.56 Å². The number of carbonyl (C=O) groups is 2. The number of benzene rings is 1. The summed E-state index contributed by atoms with van der Waals surface area (Å²) in [5.74, 6) is -1.93. The molecule has 1 fully saturated rings. The average molecular weight is 281 g/mol. The third-order valence-electron chi connectivity index (χ3n) is 3.16. The molecule has 0 radical (unpaired) electrons. The molecule has 5 nitrogen and oxygen atoms in total. The summed E-state index contributed by atoms with van der Waals surface area (Å²) in [7, 11) is 0. The molecule has 3 N–H and O–H groups in total. The van der Waals surface area contributed by atoms with Gasteiger partial charge in [-0.3, -0.25) is 10.1 Å². The minimum Gasteiger partial charge on any atom is -0.480 e. The number of carboxylic acids is 2. The van der Waals surface area contributed by atoms with Crippen LogP contribution in [0, 0.1) is 0 Å². The molecule has 1 aromatic rings. The first kappa shape index (κ1) is 13.9. The monoisotopic (exact) mass is 281 g/mol. The van der Waals surface area contributed by atoms with Crippen molar-refractivity contribution in [3.8, 4) is 0 Å². The average Bonchev–Trinajstić information content (AvgIpc) is 2.65. The van der Waals surface area contributed by atoms with Gasteiger partial charge in [0.2, 0.25) is 0 Å². The van der Waals surface area contributed by atoms with Crippen LogP contribution >= 0.6 is 11.8 Å². The molecule has 19 heavy (non-hydrogen) atoms. The molecule has 0 spiro atoms. The lowest BCUT2D eigenvalue weighted by atomic mass is 10.0. The maximum Gasteiger partial charge on any atom is 0.336 e. The van der Waals surface area contributed by atoms with Crippen molar-refractivity contribution in [3.63, 3.8) is 0 Å². The topological polar surface area (TPSA) is 86.6 Å². The minimum atomic E-state index is -1.01. The second kappa shape index (κ2) is 4.86. The highest BCUT2D eigenvalue weighted by Crippen LogP contribution is 2.46. The SMILES string of the molecule is CC1(C)SC(c2ccccc2C(=O)O)N[C@H]1C(=O)O. The molecule has 0 bridgehead atoms. The van der Waals surface area contributed by atoms with E-state index >= 15 is 0 Å². The van der Waals surface area contributed by atoms with Gasteiger partial charge in [0.05, 0.1) is 10.9 Å². The Morgan fingerprint density at radius 1 is 1.26 bits per heavy atom. The van der Waals surface area contributed by atoms with E-state index in [1.165, 1.54) is 17.8 Å². The van der Waals surface area contributed by atoms with Crippen molar-refractivity contribution in [2.75, 3.05) is 0 Å². The molecule has 0 amide bonds. The predicted octanol–water partition coefficient (Wildman–Crippen LogP) is 1.95. The lowest BCUT2D eigenvalue weighted by Crippen LogP contribution is -2.43. The van der Waals surface area contributed by atoms with Crippen molar-refractivity contribution in [1.29, 1.82) is 0 Å². The van der Waals surface area contributed by atoms with Crippen LogP contribution in [0.2, 0.25) is 0 Å². The molecule has 2 atom stereocenters. The Morgan fingerprint density at radius 2 is 1.89 bits per heavy atom. The Bertz CT molecular complexity index is 529. The third-order valence-corrected chi connectivity index (χ3v) is 4.62. The molecule has 102 valence electrons. The number of hydrogen-bond donors (Lipinski definition) is 3. The van der Waals surface area contributed by atoms with Gasteiger partial charge in [-0.15, -0.1) is 11.8 Å². The van der Waals surface area contributed by atoms with Crippen molar-refractivity contribution >= 4 is 23.7 Å². The Morgan fingerprint density at radius 3 is 2.42 bits per heavy atom. The van der Waals surface area contributed by atoms with Crippen LogP contribution in [0.25, 0.3) is 0 Å². The zero-order valence-electron chi connectivity index (χ0n) is 10.6. The van der Waals surface area contributed by atoms with Gasteiger partial charge in [-0.1, -0.05) is 18.2 Å². The highest BCUT2D eigenvalue weighted by atomic mass is 32.2. The van der Waals surface area contributed by atoms with Gasteiger partial charge in [-0.05, 0) is 25.5 Å². The van der Waals surface area contributed by atoms with Gasteiger partial charge < -0.3 is 10.2 Å². The van der Waals surface area contributed by atoms with Gasteiger partial charge in [0.25, 0.3) is 0 Å². The molecular formula is C13H15NO4S. The van der Waals surface area contributed by atoms with E-state index in [9.17, 15) is 19.8 Å². The summed E-state index contributed by atoms with van der Waals surface area (Å²) in [6, 6.07) is 5.96. The summed E-state index contributed by atoms with van der Waals surface area (Å²) in [4.78, 5) is 22.4. The highest BCUT2D eigenvalue weighted by Gasteiger charge is 2.46. The Labute approximate surface area is 115 Å². The van der Waals surface area contributed by atoms with Crippen molar-refractivity contribution in [2.24, 2.45) is 0 Å². The predicted molar refractivity (Wildman–Crippen MR) is 72.4 cm³/mol. The van der Waals surface area contributed by atoms with E-state index in [-0.39, 0.29) is 10.9 Å². The quantitative estimate of drug-likeness (QED) is 0.785. The maximum atomic E-state index is 11.2. The normalized spacial score (nSPS) is 25.2. The van der Waals surface area contributed by atoms with Crippen molar-refractivity contribution < 1.29 is 19.8 Å². The molecule has 0 aromatic heterocycles. The molecule has 6 heteroatoms. The van der Waals surface area contributed by atoms with E-state index < -0.39 is 22.7 Å². The molecule has 1 saturated heterocycles. The molecule has 1 aliphatic heterocycles. The van der Waals surface area contributed by atoms with Crippen molar-refractivity contribution in [3.05, 3.63) is 35.4 Å². The molecule has 1 aromatic carbocycles. The van der Waals surface area contributed by atoms with Crippen molar-refractivity contribution in [1.82, 2.24) is 5.32 Å². The first-order chi connectivity index (χ1) is 8.83. The number of thioether (sulfide) groups is 1. The smallest absolute Gasteiger partial charge is 0.336 e. The summed E-state index contributed by atoms with van der Waals surface area (Å²) < 4.78 is -0.498. The molecular weight excluding hydrogens is 266 g/mol. The van der Waals surface area contributed by atoms with Gasteiger partial charge in [0.1, 0.15) is 6.04 Å². The largest absolute Gasteiger partial charge is 0.480 e. The Kier molecular flexibility index (Phi) is 3.56. The Balaban J connectivity index is 2.35. The van der Waals surface area contributed by atoms with Crippen LogP contribution in [0.3, 0.4) is 0 Å². The lowest BCUT2D eigenvalue weighted by molar-refractivity contribution is -0.139. The van der Waals surface area contributed by atoms with Crippen molar-refractivity contribution in [2.45, 2.75) is 30.0 Å². The molecule has 1 aliphatic rings. The molecule has 1 heterocycles. The van der Waals surface area contributed by atoms with Gasteiger partial charge in [0.15, 0.2) is 0 Å². The highest BCUT2D eigenvalue weighted by molar-refractivity contribution is 8.01. The third kappa shape index (κ3) is 2.59. The maximum absolute atomic E-state index is 11.2. The van der Waals surface area contributed by atoms with E-state index in [1.54, 1.807) is 18.2 Å². The number of nitrogens with one attached hydrogen (secondary N) is 1. The molecule has 1 unspecified atom stereocenters. The van der Waals surface area contributed by atoms with Crippen LogP contribution in [0.15, 0.2) is 24.3 Å². The van der Waals surface area contributed by atoms with Crippen LogP contribution in [0.1, 0.15) is 35.1 Å². The van der Waals surface area contributed by atoms with Gasteiger partial charge >= 0.3 is 11.9 Å². The van der Waals surface area contributed by atoms with Gasteiger partial charge in [0, 0.05) is 4.75 Å². The number of rotatable bonds is 3. The molecule has 2 rings (SSSR count). The van der Waals surface area contributed by atoms with E-state index in [0.717, 1.165) is 0 Å². The zero-order valence-corrected chi connectivity index (χ0v) is 11.4. The second-order valence-electron chi connectivity index (χ2n) is 4.93. The fourth-order valence-corrected chi connectivity index (χ4v) is 3.65. The number of aromatic carboxylic acids is 1. The first-order valence-electron chi connectivity index (χ1n) is 5.82. The number of hydrogen-bond acceptors (Lipinski definition) is 4. The Hall–Kier alpha value is -1.53. The fraction of sp³-hybridized carbons (Fsp3) is 0.385. The first-order valence-corrected chi connectivity index (χ1v) is 6.70. The van der Waals surface area contributed by atoms with Crippen LogP contribution in [-0.4, -0.2) is 32.9 Å². The van der Waals surface area contributed by atoms with Crippen LogP contribution in [0.5, 0.6) is 0 Å². The van der Waals surface area contributed by atoms with Gasteiger partial charge in [-0.2, -0.15) is 0 Å². The fourth-order valence-electron chi connectivity index (χ4n) is 2.20. The standard InChI is InChI=1S/C13H15NO4S/c1-13(2)9(12(17)18)14-10(19-13)7-5-3-4-6-8(7)11(15)16/h3-6,9-10,14H,1-2H3,(H,15,16)(H,17,18)/t9-,10?/m0/s1. The zero-order chi connectivity index (χ0) is 14.2. The summed E-state index contributed by atoms with van der Waals surface area (Å²) in [6.07, 6.45) is 0.